The van der Waals surface area contributed by atoms with E-state index in [1.54, 1.807) is 48.7 Å². The zero-order valence-electron chi connectivity index (χ0n) is 13.6. The largest absolute Gasteiger partial charge is 0.321 e. The second-order valence-electron chi connectivity index (χ2n) is 5.59. The molecule has 0 atom stereocenters. The average molecular weight is 364 g/mol. The number of pyridine rings is 1. The van der Waals surface area contributed by atoms with Crippen molar-refractivity contribution in [2.75, 3.05) is 5.32 Å². The number of hydrogen-bond donors (Lipinski definition) is 1. The SMILES string of the molecule is N#Cc1ccccc1NC(=O)c1cccn(Cc2ccc(Cl)cc2)c1=O. The van der Waals surface area contributed by atoms with Crippen molar-refractivity contribution in [2.24, 2.45) is 0 Å². The molecule has 0 radical (unpaired) electrons. The summed E-state index contributed by atoms with van der Waals surface area (Å²) in [6, 6.07) is 18.9. The first-order valence-corrected chi connectivity index (χ1v) is 8.20. The Kier molecular flexibility index (Phi) is 5.16. The molecule has 0 spiro atoms. The number of aromatic nitrogens is 1. The van der Waals surface area contributed by atoms with Gasteiger partial charge in [0.15, 0.2) is 0 Å². The Morgan fingerprint density at radius 2 is 1.81 bits per heavy atom. The molecule has 0 aliphatic carbocycles. The molecule has 6 heteroatoms. The molecule has 0 bridgehead atoms. The van der Waals surface area contributed by atoms with Gasteiger partial charge in [-0.05, 0) is 42.0 Å². The highest BCUT2D eigenvalue weighted by Gasteiger charge is 2.14. The maximum absolute atomic E-state index is 12.6. The highest BCUT2D eigenvalue weighted by Crippen LogP contribution is 2.14. The highest BCUT2D eigenvalue weighted by molar-refractivity contribution is 6.30. The van der Waals surface area contributed by atoms with Gasteiger partial charge in [0.25, 0.3) is 11.5 Å². The van der Waals surface area contributed by atoms with Crippen LogP contribution in [-0.4, -0.2) is 10.5 Å². The zero-order chi connectivity index (χ0) is 18.5. The first kappa shape index (κ1) is 17.5. The van der Waals surface area contributed by atoms with Gasteiger partial charge < -0.3 is 9.88 Å². The lowest BCUT2D eigenvalue weighted by molar-refractivity contribution is 0.102. The van der Waals surface area contributed by atoms with Gasteiger partial charge in [-0.3, -0.25) is 9.59 Å². The van der Waals surface area contributed by atoms with E-state index in [1.165, 1.54) is 10.6 Å². The van der Waals surface area contributed by atoms with Gasteiger partial charge in [-0.1, -0.05) is 35.9 Å². The van der Waals surface area contributed by atoms with E-state index in [0.29, 0.717) is 22.8 Å². The molecule has 1 N–H and O–H groups in total. The lowest BCUT2D eigenvalue weighted by atomic mass is 10.1. The van der Waals surface area contributed by atoms with Crippen molar-refractivity contribution in [3.63, 3.8) is 0 Å². The number of amides is 1. The molecule has 3 aromatic rings. The van der Waals surface area contributed by atoms with Crippen LogP contribution in [0.25, 0.3) is 0 Å². The molecular formula is C20H14ClN3O2. The molecule has 5 nitrogen and oxygen atoms in total. The van der Waals surface area contributed by atoms with Crippen molar-refractivity contribution >= 4 is 23.2 Å². The van der Waals surface area contributed by atoms with Gasteiger partial charge in [0, 0.05) is 11.2 Å². The van der Waals surface area contributed by atoms with Crippen LogP contribution in [0.15, 0.2) is 71.7 Å². The lowest BCUT2D eigenvalue weighted by Crippen LogP contribution is -2.29. The van der Waals surface area contributed by atoms with Gasteiger partial charge in [-0.15, -0.1) is 0 Å². The van der Waals surface area contributed by atoms with Gasteiger partial charge in [0.2, 0.25) is 0 Å². The fraction of sp³-hybridized carbons (Fsp3) is 0.0500. The number of halogens is 1. The summed E-state index contributed by atoms with van der Waals surface area (Å²) in [6.07, 6.45) is 1.62. The van der Waals surface area contributed by atoms with E-state index in [9.17, 15) is 9.59 Å². The van der Waals surface area contributed by atoms with Crippen molar-refractivity contribution in [3.8, 4) is 6.07 Å². The molecule has 128 valence electrons. The Morgan fingerprint density at radius 1 is 1.08 bits per heavy atom. The topological polar surface area (TPSA) is 74.9 Å². The van der Waals surface area contributed by atoms with Crippen LogP contribution < -0.4 is 10.9 Å². The minimum absolute atomic E-state index is 0.00852. The molecule has 26 heavy (non-hydrogen) atoms. The third kappa shape index (κ3) is 3.82. The third-order valence-electron chi connectivity index (χ3n) is 3.83. The summed E-state index contributed by atoms with van der Waals surface area (Å²) in [7, 11) is 0. The summed E-state index contributed by atoms with van der Waals surface area (Å²) in [5, 5.41) is 12.3. The van der Waals surface area contributed by atoms with E-state index in [1.807, 2.05) is 18.2 Å². The molecule has 0 fully saturated rings. The van der Waals surface area contributed by atoms with E-state index in [0.717, 1.165) is 5.56 Å². The van der Waals surface area contributed by atoms with Gasteiger partial charge in [0.05, 0.1) is 17.8 Å². The number of rotatable bonds is 4. The first-order valence-electron chi connectivity index (χ1n) is 7.83. The van der Waals surface area contributed by atoms with Crippen molar-refractivity contribution in [3.05, 3.63) is 98.9 Å². The predicted octanol–water partition coefficient (Wildman–Crippen LogP) is 3.67. The molecule has 1 heterocycles. The molecule has 3 rings (SSSR count). The number of carbonyl (C=O) groups excluding carboxylic acids is 1. The summed E-state index contributed by atoms with van der Waals surface area (Å²) >= 11 is 5.87. The Labute approximate surface area is 155 Å². The average Bonchev–Trinajstić information content (AvgIpc) is 2.65. The van der Waals surface area contributed by atoms with Crippen LogP contribution in [0.3, 0.4) is 0 Å². The molecule has 0 aliphatic rings. The van der Waals surface area contributed by atoms with Crippen LogP contribution in [0, 0.1) is 11.3 Å². The number of nitrogens with zero attached hydrogens (tertiary/aromatic N) is 2. The number of hydrogen-bond acceptors (Lipinski definition) is 3. The number of carbonyl (C=O) groups is 1. The smallest absolute Gasteiger partial charge is 0.263 e. The third-order valence-corrected chi connectivity index (χ3v) is 4.08. The fourth-order valence-corrected chi connectivity index (χ4v) is 2.63. The van der Waals surface area contributed by atoms with Gasteiger partial charge in [-0.2, -0.15) is 5.26 Å². The number of para-hydroxylation sites is 1. The van der Waals surface area contributed by atoms with E-state index >= 15 is 0 Å². The molecule has 0 unspecified atom stereocenters. The van der Waals surface area contributed by atoms with Gasteiger partial charge >= 0.3 is 0 Å². The monoisotopic (exact) mass is 363 g/mol. The lowest BCUT2D eigenvalue weighted by Gasteiger charge is -2.10. The Balaban J connectivity index is 1.87. The molecule has 0 aliphatic heterocycles. The predicted molar refractivity (Wildman–Crippen MR) is 100 cm³/mol. The van der Waals surface area contributed by atoms with Crippen molar-refractivity contribution in [1.29, 1.82) is 5.26 Å². The van der Waals surface area contributed by atoms with Gasteiger partial charge in [0.1, 0.15) is 11.6 Å². The molecular weight excluding hydrogens is 350 g/mol. The number of benzene rings is 2. The number of nitriles is 1. The Bertz CT molecular complexity index is 1050. The van der Waals surface area contributed by atoms with Crippen molar-refractivity contribution in [2.45, 2.75) is 6.54 Å². The molecule has 0 saturated carbocycles. The summed E-state index contributed by atoms with van der Waals surface area (Å²) in [5.74, 6) is -0.553. The quantitative estimate of drug-likeness (QED) is 0.768. The second-order valence-corrected chi connectivity index (χ2v) is 6.03. The summed E-state index contributed by atoms with van der Waals surface area (Å²) in [6.45, 7) is 0.325. The van der Waals surface area contributed by atoms with Crippen molar-refractivity contribution < 1.29 is 4.79 Å². The zero-order valence-corrected chi connectivity index (χ0v) is 14.4. The Morgan fingerprint density at radius 3 is 2.54 bits per heavy atom. The van der Waals surface area contributed by atoms with Crippen LogP contribution in [0.5, 0.6) is 0 Å². The maximum Gasteiger partial charge on any atom is 0.263 e. The van der Waals surface area contributed by atoms with Crippen LogP contribution >= 0.6 is 11.6 Å². The van der Waals surface area contributed by atoms with Crippen molar-refractivity contribution in [1.82, 2.24) is 4.57 Å². The van der Waals surface area contributed by atoms with E-state index < -0.39 is 11.5 Å². The maximum atomic E-state index is 12.6. The number of nitrogens with one attached hydrogen (secondary N) is 1. The fourth-order valence-electron chi connectivity index (χ4n) is 2.50. The van der Waals surface area contributed by atoms with Gasteiger partial charge in [-0.25, -0.2) is 0 Å². The van der Waals surface area contributed by atoms with E-state index in [4.69, 9.17) is 16.9 Å². The van der Waals surface area contributed by atoms with Crippen LogP contribution in [0.4, 0.5) is 5.69 Å². The molecule has 0 saturated heterocycles. The minimum atomic E-state index is -0.553. The normalized spacial score (nSPS) is 10.2. The first-order chi connectivity index (χ1) is 12.6. The summed E-state index contributed by atoms with van der Waals surface area (Å²) in [4.78, 5) is 25.1. The summed E-state index contributed by atoms with van der Waals surface area (Å²) in [5.41, 5.74) is 1.19. The Hall–Kier alpha value is -3.36. The number of anilines is 1. The molecule has 1 aromatic heterocycles. The van der Waals surface area contributed by atoms with Crippen LogP contribution in [-0.2, 0) is 6.54 Å². The standard InChI is InChI=1S/C20H14ClN3O2/c21-16-9-7-14(8-10-16)13-24-11-3-5-17(20(24)26)19(25)23-18-6-2-1-4-15(18)12-22/h1-11H,13H2,(H,23,25). The van der Waals surface area contributed by atoms with Crippen LogP contribution in [0.1, 0.15) is 21.5 Å². The minimum Gasteiger partial charge on any atom is -0.321 e. The highest BCUT2D eigenvalue weighted by atomic mass is 35.5. The molecule has 1 amide bonds. The van der Waals surface area contributed by atoms with Crippen LogP contribution in [0.2, 0.25) is 5.02 Å². The molecule has 2 aromatic carbocycles. The van der Waals surface area contributed by atoms with E-state index in [-0.39, 0.29) is 5.56 Å². The van der Waals surface area contributed by atoms with E-state index in [2.05, 4.69) is 5.32 Å². The second kappa shape index (κ2) is 7.68. The summed E-state index contributed by atoms with van der Waals surface area (Å²) < 4.78 is 1.45.